The van der Waals surface area contributed by atoms with Gasteiger partial charge in [0, 0.05) is 19.3 Å². The van der Waals surface area contributed by atoms with Crippen molar-refractivity contribution in [2.45, 2.75) is 298 Å². The van der Waals surface area contributed by atoms with E-state index in [1.807, 2.05) is 0 Å². The second kappa shape index (κ2) is 45.4. The van der Waals surface area contributed by atoms with Gasteiger partial charge in [-0.3, -0.25) is 14.4 Å². The molecule has 0 aromatic rings. The smallest absolute Gasteiger partial charge is 0.306 e. The summed E-state index contributed by atoms with van der Waals surface area (Å²) in [5.74, 6) is 1.61. The van der Waals surface area contributed by atoms with Crippen molar-refractivity contribution < 1.29 is 28.6 Å². The molecule has 0 fully saturated rings. The van der Waals surface area contributed by atoms with E-state index in [0.717, 1.165) is 75.5 Å². The minimum Gasteiger partial charge on any atom is -0.462 e. The van der Waals surface area contributed by atoms with E-state index in [1.165, 1.54) is 173 Å². The zero-order chi connectivity index (χ0) is 44.2. The van der Waals surface area contributed by atoms with Gasteiger partial charge in [-0.1, -0.05) is 253 Å². The van der Waals surface area contributed by atoms with Crippen molar-refractivity contribution in [3.05, 3.63) is 0 Å². The number of hydrogen-bond donors (Lipinski definition) is 0. The van der Waals surface area contributed by atoms with Crippen LogP contribution in [0.3, 0.4) is 0 Å². The maximum atomic E-state index is 12.8. The third kappa shape index (κ3) is 47.5. The number of carbonyl (C=O) groups excluding carboxylic acids is 3. The summed E-state index contributed by atoms with van der Waals surface area (Å²) in [4.78, 5) is 38.0. The van der Waals surface area contributed by atoms with Crippen LogP contribution in [0.4, 0.5) is 0 Å². The molecule has 356 valence electrons. The van der Waals surface area contributed by atoms with Crippen molar-refractivity contribution in [1.29, 1.82) is 0 Å². The molecule has 0 aromatic carbocycles. The Kier molecular flexibility index (Phi) is 44.2. The fraction of sp³-hybridized carbons (Fsp3) is 0.944. The van der Waals surface area contributed by atoms with Crippen LogP contribution in [0.2, 0.25) is 0 Å². The molecule has 0 amide bonds. The van der Waals surface area contributed by atoms with Crippen molar-refractivity contribution in [1.82, 2.24) is 0 Å². The SMILES string of the molecule is CC(C)CCCCCCCCCCCCCCCCCC(=O)OC[C@@H](COC(=O)CCCCCCCCCCCCC(C)C)OC(=O)CCCCCCCCCCC(C)C. The number of hydrogen-bond acceptors (Lipinski definition) is 6. The van der Waals surface area contributed by atoms with Gasteiger partial charge in [0.15, 0.2) is 6.10 Å². The third-order valence-corrected chi connectivity index (χ3v) is 12.1. The van der Waals surface area contributed by atoms with Crippen molar-refractivity contribution in [3.63, 3.8) is 0 Å². The molecule has 0 aliphatic carbocycles. The number of rotatable bonds is 47. The Balaban J connectivity index is 4.26. The first-order valence-electron chi connectivity index (χ1n) is 26.6. The van der Waals surface area contributed by atoms with Crippen LogP contribution < -0.4 is 0 Å². The molecule has 6 heteroatoms. The molecule has 0 bridgehead atoms. The highest BCUT2D eigenvalue weighted by atomic mass is 16.6. The molecule has 0 aromatic heterocycles. The van der Waals surface area contributed by atoms with Gasteiger partial charge in [-0.05, 0) is 37.0 Å². The first-order valence-corrected chi connectivity index (χ1v) is 26.6. The van der Waals surface area contributed by atoms with Crippen molar-refractivity contribution in [3.8, 4) is 0 Å². The van der Waals surface area contributed by atoms with E-state index in [0.29, 0.717) is 19.3 Å². The first kappa shape index (κ1) is 58.4. The molecule has 0 N–H and O–H groups in total. The van der Waals surface area contributed by atoms with E-state index in [9.17, 15) is 14.4 Å². The monoisotopic (exact) mass is 849 g/mol. The highest BCUT2D eigenvalue weighted by Crippen LogP contribution is 2.18. The quantitative estimate of drug-likeness (QED) is 0.0345. The van der Waals surface area contributed by atoms with Gasteiger partial charge >= 0.3 is 17.9 Å². The highest BCUT2D eigenvalue weighted by Gasteiger charge is 2.19. The lowest BCUT2D eigenvalue weighted by atomic mass is 10.0. The highest BCUT2D eigenvalue weighted by molar-refractivity contribution is 5.71. The summed E-state index contributed by atoms with van der Waals surface area (Å²) in [6, 6.07) is 0. The molecule has 0 heterocycles. The van der Waals surface area contributed by atoms with Gasteiger partial charge in [0.2, 0.25) is 0 Å². The predicted octanol–water partition coefficient (Wildman–Crippen LogP) is 17.2. The maximum absolute atomic E-state index is 12.8. The Morgan fingerprint density at radius 2 is 0.483 bits per heavy atom. The lowest BCUT2D eigenvalue weighted by molar-refractivity contribution is -0.167. The van der Waals surface area contributed by atoms with Crippen LogP contribution in [0.1, 0.15) is 292 Å². The first-order chi connectivity index (χ1) is 29.1. The van der Waals surface area contributed by atoms with Crippen molar-refractivity contribution >= 4 is 17.9 Å². The van der Waals surface area contributed by atoms with E-state index in [-0.39, 0.29) is 31.1 Å². The fourth-order valence-electron chi connectivity index (χ4n) is 8.12. The fourth-order valence-corrected chi connectivity index (χ4v) is 8.12. The summed E-state index contributed by atoms with van der Waals surface area (Å²) in [7, 11) is 0. The standard InChI is InChI=1S/C54H104O6/c1-48(2)40-34-28-22-16-12-10-8-7-9-11-13-18-25-31-37-43-52(55)58-46-51(60-54(57)45-39-33-27-21-20-24-30-36-42-50(5)6)47-59-53(56)44-38-32-26-19-15-14-17-23-29-35-41-49(3)4/h48-51H,7-47H2,1-6H3/t51-/m0/s1. The summed E-state index contributed by atoms with van der Waals surface area (Å²) in [6.45, 7) is 13.7. The Bertz CT molecular complexity index is 929. The Morgan fingerprint density at radius 3 is 0.717 bits per heavy atom. The van der Waals surface area contributed by atoms with Crippen LogP contribution in [-0.2, 0) is 28.6 Å². The molecule has 0 saturated heterocycles. The minimum atomic E-state index is -0.763. The molecule has 0 rings (SSSR count). The average Bonchev–Trinajstić information content (AvgIpc) is 3.20. The van der Waals surface area contributed by atoms with Gasteiger partial charge < -0.3 is 14.2 Å². The Hall–Kier alpha value is -1.59. The number of esters is 3. The van der Waals surface area contributed by atoms with Crippen LogP contribution in [0, 0.1) is 17.8 Å². The second-order valence-electron chi connectivity index (χ2n) is 19.9. The summed E-state index contributed by atoms with van der Waals surface area (Å²) < 4.78 is 16.8. The van der Waals surface area contributed by atoms with E-state index in [1.54, 1.807) is 0 Å². The lowest BCUT2D eigenvalue weighted by Crippen LogP contribution is -2.30. The van der Waals surface area contributed by atoms with Crippen LogP contribution in [0.15, 0.2) is 0 Å². The number of carbonyl (C=O) groups is 3. The summed E-state index contributed by atoms with van der Waals surface area (Å²) in [6.07, 6.45) is 45.3. The normalized spacial score (nSPS) is 12.2. The zero-order valence-corrected chi connectivity index (χ0v) is 41.3. The maximum Gasteiger partial charge on any atom is 0.306 e. The van der Waals surface area contributed by atoms with E-state index in [2.05, 4.69) is 41.5 Å². The molecule has 0 aliphatic rings. The lowest BCUT2D eigenvalue weighted by Gasteiger charge is -2.18. The van der Waals surface area contributed by atoms with Crippen LogP contribution in [0.25, 0.3) is 0 Å². The molecule has 6 nitrogen and oxygen atoms in total. The minimum absolute atomic E-state index is 0.0648. The molecular weight excluding hydrogens is 745 g/mol. The van der Waals surface area contributed by atoms with Crippen molar-refractivity contribution in [2.75, 3.05) is 13.2 Å². The molecule has 1 atom stereocenters. The molecule has 0 saturated carbocycles. The molecule has 60 heavy (non-hydrogen) atoms. The van der Waals surface area contributed by atoms with Gasteiger partial charge in [0.05, 0.1) is 0 Å². The molecule has 0 aliphatic heterocycles. The van der Waals surface area contributed by atoms with Crippen LogP contribution in [0.5, 0.6) is 0 Å². The molecule has 0 radical (unpaired) electrons. The van der Waals surface area contributed by atoms with E-state index >= 15 is 0 Å². The van der Waals surface area contributed by atoms with Crippen LogP contribution in [-0.4, -0.2) is 37.2 Å². The number of unbranched alkanes of at least 4 members (excludes halogenated alkanes) is 30. The predicted molar refractivity (Wildman–Crippen MR) is 256 cm³/mol. The van der Waals surface area contributed by atoms with Gasteiger partial charge in [0.25, 0.3) is 0 Å². The number of ether oxygens (including phenoxy) is 3. The molecule has 0 spiro atoms. The summed E-state index contributed by atoms with van der Waals surface area (Å²) >= 11 is 0. The zero-order valence-electron chi connectivity index (χ0n) is 41.3. The van der Waals surface area contributed by atoms with Gasteiger partial charge in [0.1, 0.15) is 13.2 Å². The summed E-state index contributed by atoms with van der Waals surface area (Å²) in [5, 5.41) is 0. The average molecular weight is 849 g/mol. The molecule has 0 unspecified atom stereocenters. The van der Waals surface area contributed by atoms with Gasteiger partial charge in [-0.25, -0.2) is 0 Å². The Labute approximate surface area is 374 Å². The second-order valence-corrected chi connectivity index (χ2v) is 19.9. The van der Waals surface area contributed by atoms with Crippen LogP contribution >= 0.6 is 0 Å². The van der Waals surface area contributed by atoms with E-state index in [4.69, 9.17) is 14.2 Å². The Morgan fingerprint density at radius 1 is 0.283 bits per heavy atom. The van der Waals surface area contributed by atoms with Gasteiger partial charge in [-0.2, -0.15) is 0 Å². The van der Waals surface area contributed by atoms with Crippen molar-refractivity contribution in [2.24, 2.45) is 17.8 Å². The van der Waals surface area contributed by atoms with Gasteiger partial charge in [-0.15, -0.1) is 0 Å². The topological polar surface area (TPSA) is 78.9 Å². The summed E-state index contributed by atoms with van der Waals surface area (Å²) in [5.41, 5.74) is 0. The molecular formula is C54H104O6. The van der Waals surface area contributed by atoms with E-state index < -0.39 is 6.10 Å². The third-order valence-electron chi connectivity index (χ3n) is 12.1. The largest absolute Gasteiger partial charge is 0.462 e.